The standard InChI is InChI=1S/C24H24FN5O/c1-16-5-6-18(17(2)14-16)7-12-23(31)28-13-3-4-22-21(15-26)24(27)30(29-22)20-10-8-19(25)9-11-20/h5-12,14H,3-4,13,27H2,1-2H3,(H,28,31)/b12-7+. The van der Waals surface area contributed by atoms with Gasteiger partial charge in [0.05, 0.1) is 11.4 Å². The van der Waals surface area contributed by atoms with Crippen LogP contribution in [0.2, 0.25) is 0 Å². The number of nitrogens with two attached hydrogens (primary N) is 1. The monoisotopic (exact) mass is 417 g/mol. The van der Waals surface area contributed by atoms with Gasteiger partial charge < -0.3 is 11.1 Å². The van der Waals surface area contributed by atoms with Crippen molar-refractivity contribution in [3.05, 3.63) is 82.3 Å². The van der Waals surface area contributed by atoms with Crippen LogP contribution in [0.3, 0.4) is 0 Å². The number of rotatable bonds is 7. The Morgan fingerprint density at radius 2 is 2.00 bits per heavy atom. The molecule has 0 fully saturated rings. The first-order chi connectivity index (χ1) is 14.9. The smallest absolute Gasteiger partial charge is 0.243 e. The minimum Gasteiger partial charge on any atom is -0.382 e. The predicted octanol–water partition coefficient (Wildman–Crippen LogP) is 3.84. The Balaban J connectivity index is 1.57. The fourth-order valence-corrected chi connectivity index (χ4v) is 3.26. The van der Waals surface area contributed by atoms with E-state index in [-0.39, 0.29) is 17.5 Å². The number of nitrogens with one attached hydrogen (secondary N) is 1. The lowest BCUT2D eigenvalue weighted by Gasteiger charge is -2.03. The summed E-state index contributed by atoms with van der Waals surface area (Å²) in [5, 5.41) is 16.7. The van der Waals surface area contributed by atoms with Crippen LogP contribution in [0.25, 0.3) is 11.8 Å². The van der Waals surface area contributed by atoms with Gasteiger partial charge in [-0.1, -0.05) is 23.8 Å². The zero-order chi connectivity index (χ0) is 22.4. The number of hydrogen-bond donors (Lipinski definition) is 2. The quantitative estimate of drug-likeness (QED) is 0.451. The molecule has 0 aliphatic heterocycles. The number of nitriles is 1. The van der Waals surface area contributed by atoms with Gasteiger partial charge in [0.25, 0.3) is 0 Å². The van der Waals surface area contributed by atoms with Gasteiger partial charge in [-0.25, -0.2) is 9.07 Å². The van der Waals surface area contributed by atoms with E-state index in [1.165, 1.54) is 28.5 Å². The molecule has 0 saturated heterocycles. The molecule has 1 heterocycles. The Bertz CT molecular complexity index is 1160. The van der Waals surface area contributed by atoms with Gasteiger partial charge in [-0.15, -0.1) is 0 Å². The third-order valence-corrected chi connectivity index (χ3v) is 4.91. The van der Waals surface area contributed by atoms with Crippen molar-refractivity contribution in [3.63, 3.8) is 0 Å². The number of amides is 1. The number of carbonyl (C=O) groups is 1. The summed E-state index contributed by atoms with van der Waals surface area (Å²) in [6.07, 6.45) is 4.38. The molecule has 1 aromatic heterocycles. The van der Waals surface area contributed by atoms with Crippen molar-refractivity contribution in [1.29, 1.82) is 5.26 Å². The molecule has 3 rings (SSSR count). The molecule has 0 spiro atoms. The molecule has 0 aliphatic rings. The maximum absolute atomic E-state index is 13.2. The molecule has 31 heavy (non-hydrogen) atoms. The molecule has 0 radical (unpaired) electrons. The highest BCUT2D eigenvalue weighted by Crippen LogP contribution is 2.21. The lowest BCUT2D eigenvalue weighted by molar-refractivity contribution is -0.116. The van der Waals surface area contributed by atoms with Crippen LogP contribution in [0.4, 0.5) is 10.2 Å². The molecule has 0 aliphatic carbocycles. The average Bonchev–Trinajstić information content (AvgIpc) is 3.06. The SMILES string of the molecule is Cc1ccc(/C=C/C(=O)NCCCc2nn(-c3ccc(F)cc3)c(N)c2C#N)c(C)c1. The second-order valence-corrected chi connectivity index (χ2v) is 7.29. The fraction of sp³-hybridized carbons (Fsp3) is 0.208. The number of nitrogens with zero attached hydrogens (tertiary/aromatic N) is 3. The van der Waals surface area contributed by atoms with E-state index in [0.717, 1.165) is 11.1 Å². The third kappa shape index (κ3) is 5.37. The van der Waals surface area contributed by atoms with Crippen molar-refractivity contribution in [2.75, 3.05) is 12.3 Å². The van der Waals surface area contributed by atoms with Gasteiger partial charge in [-0.3, -0.25) is 4.79 Å². The van der Waals surface area contributed by atoms with Crippen LogP contribution in [-0.2, 0) is 11.2 Å². The zero-order valence-corrected chi connectivity index (χ0v) is 17.5. The topological polar surface area (TPSA) is 96.7 Å². The maximum Gasteiger partial charge on any atom is 0.243 e. The Hall–Kier alpha value is -3.92. The van der Waals surface area contributed by atoms with Crippen molar-refractivity contribution in [3.8, 4) is 11.8 Å². The van der Waals surface area contributed by atoms with Crippen molar-refractivity contribution in [2.24, 2.45) is 0 Å². The van der Waals surface area contributed by atoms with E-state index in [9.17, 15) is 14.4 Å². The van der Waals surface area contributed by atoms with E-state index in [2.05, 4.69) is 22.6 Å². The number of aryl methyl sites for hydroxylation is 3. The number of carbonyl (C=O) groups excluding carboxylic acids is 1. The molecular formula is C24H24FN5O. The van der Waals surface area contributed by atoms with Crippen molar-refractivity contribution >= 4 is 17.8 Å². The van der Waals surface area contributed by atoms with Crippen molar-refractivity contribution in [1.82, 2.24) is 15.1 Å². The van der Waals surface area contributed by atoms with Crippen molar-refractivity contribution < 1.29 is 9.18 Å². The summed E-state index contributed by atoms with van der Waals surface area (Å²) in [6.45, 7) is 4.47. The molecule has 0 bridgehead atoms. The highest BCUT2D eigenvalue weighted by molar-refractivity contribution is 5.91. The molecule has 0 atom stereocenters. The van der Waals surface area contributed by atoms with Crippen LogP contribution < -0.4 is 11.1 Å². The van der Waals surface area contributed by atoms with Gasteiger partial charge in [-0.2, -0.15) is 10.4 Å². The molecule has 3 aromatic rings. The Kier molecular flexibility index (Phi) is 6.83. The zero-order valence-electron chi connectivity index (χ0n) is 17.5. The number of hydrogen-bond acceptors (Lipinski definition) is 4. The lowest BCUT2D eigenvalue weighted by Crippen LogP contribution is -2.22. The van der Waals surface area contributed by atoms with Crippen LogP contribution in [-0.4, -0.2) is 22.2 Å². The largest absolute Gasteiger partial charge is 0.382 e. The summed E-state index contributed by atoms with van der Waals surface area (Å²) in [4.78, 5) is 12.1. The molecule has 158 valence electrons. The molecule has 1 amide bonds. The second kappa shape index (κ2) is 9.72. The number of aromatic nitrogens is 2. The highest BCUT2D eigenvalue weighted by Gasteiger charge is 2.16. The van der Waals surface area contributed by atoms with Gasteiger partial charge in [0.2, 0.25) is 5.91 Å². The highest BCUT2D eigenvalue weighted by atomic mass is 19.1. The number of anilines is 1. The molecule has 2 aromatic carbocycles. The number of halogens is 1. The molecule has 3 N–H and O–H groups in total. The van der Waals surface area contributed by atoms with E-state index in [4.69, 9.17) is 5.73 Å². The molecule has 7 heteroatoms. The molecular weight excluding hydrogens is 393 g/mol. The van der Waals surface area contributed by atoms with Crippen molar-refractivity contribution in [2.45, 2.75) is 26.7 Å². The summed E-state index contributed by atoms with van der Waals surface area (Å²) >= 11 is 0. The van der Waals surface area contributed by atoms with E-state index >= 15 is 0 Å². The van der Waals surface area contributed by atoms with E-state index < -0.39 is 0 Å². The summed E-state index contributed by atoms with van der Waals surface area (Å²) < 4.78 is 14.6. The summed E-state index contributed by atoms with van der Waals surface area (Å²) in [5.74, 6) is -0.334. The fourth-order valence-electron chi connectivity index (χ4n) is 3.26. The van der Waals surface area contributed by atoms with Crippen LogP contribution in [0.1, 0.15) is 34.4 Å². The minimum atomic E-state index is -0.363. The van der Waals surface area contributed by atoms with Gasteiger partial charge in [0, 0.05) is 12.6 Å². The van der Waals surface area contributed by atoms with Crippen LogP contribution in [0.5, 0.6) is 0 Å². The first-order valence-corrected chi connectivity index (χ1v) is 9.95. The normalized spacial score (nSPS) is 10.9. The first kappa shape index (κ1) is 21.8. The maximum atomic E-state index is 13.2. The average molecular weight is 417 g/mol. The molecule has 0 saturated carbocycles. The Labute approximate surface area is 180 Å². The third-order valence-electron chi connectivity index (χ3n) is 4.91. The van der Waals surface area contributed by atoms with Gasteiger partial charge in [0.1, 0.15) is 23.3 Å². The lowest BCUT2D eigenvalue weighted by atomic mass is 10.1. The Morgan fingerprint density at radius 3 is 2.68 bits per heavy atom. The molecule has 6 nitrogen and oxygen atoms in total. The van der Waals surface area contributed by atoms with Crippen LogP contribution in [0, 0.1) is 31.0 Å². The summed E-state index contributed by atoms with van der Waals surface area (Å²) in [6, 6.07) is 13.9. The van der Waals surface area contributed by atoms with Crippen LogP contribution >= 0.6 is 0 Å². The first-order valence-electron chi connectivity index (χ1n) is 9.95. The minimum absolute atomic E-state index is 0.183. The van der Waals surface area contributed by atoms with E-state index in [1.807, 2.05) is 26.0 Å². The number of nitrogen functional groups attached to an aromatic ring is 1. The summed E-state index contributed by atoms with van der Waals surface area (Å²) in [5.41, 5.74) is 10.8. The predicted molar refractivity (Wildman–Crippen MR) is 119 cm³/mol. The van der Waals surface area contributed by atoms with E-state index in [1.54, 1.807) is 18.2 Å². The van der Waals surface area contributed by atoms with Crippen LogP contribution in [0.15, 0.2) is 48.5 Å². The van der Waals surface area contributed by atoms with Gasteiger partial charge in [0.15, 0.2) is 0 Å². The van der Waals surface area contributed by atoms with E-state index in [0.29, 0.717) is 36.3 Å². The number of benzene rings is 2. The Morgan fingerprint density at radius 1 is 1.26 bits per heavy atom. The second-order valence-electron chi connectivity index (χ2n) is 7.29. The van der Waals surface area contributed by atoms with Gasteiger partial charge in [-0.05, 0) is 68.2 Å². The van der Waals surface area contributed by atoms with Gasteiger partial charge >= 0.3 is 0 Å². The summed E-state index contributed by atoms with van der Waals surface area (Å²) in [7, 11) is 0. The molecule has 0 unspecified atom stereocenters.